The number of hydrogen-bond donors (Lipinski definition) is 0. The number of ketones is 1. The maximum absolute atomic E-state index is 14.0. The van der Waals surface area contributed by atoms with E-state index in [0.717, 1.165) is 0 Å². The van der Waals surface area contributed by atoms with Crippen molar-refractivity contribution in [1.82, 2.24) is 4.98 Å². The summed E-state index contributed by atoms with van der Waals surface area (Å²) < 4.78 is 73.9. The van der Waals surface area contributed by atoms with Crippen LogP contribution in [0, 0.1) is 29.1 Å². The summed E-state index contributed by atoms with van der Waals surface area (Å²) in [7, 11) is 1.36. The molecule has 0 amide bonds. The first-order valence-electron chi connectivity index (χ1n) is 10.1. The van der Waals surface area contributed by atoms with Gasteiger partial charge in [0.2, 0.25) is 17.5 Å². The average Bonchev–Trinajstić information content (AvgIpc) is 2.90. The van der Waals surface area contributed by atoms with Gasteiger partial charge >= 0.3 is 16.5 Å². The van der Waals surface area contributed by atoms with E-state index < -0.39 is 40.6 Å². The van der Waals surface area contributed by atoms with Gasteiger partial charge in [0, 0.05) is 11.1 Å². The summed E-state index contributed by atoms with van der Waals surface area (Å²) in [4.78, 5) is 21.0. The van der Waals surface area contributed by atoms with Crippen LogP contribution in [0.1, 0.15) is 10.4 Å². The molecule has 0 atom stereocenters. The van der Waals surface area contributed by atoms with E-state index in [1.807, 2.05) is 0 Å². The van der Waals surface area contributed by atoms with Crippen molar-refractivity contribution in [2.75, 3.05) is 7.11 Å². The van der Waals surface area contributed by atoms with Gasteiger partial charge in [-0.1, -0.05) is 60.7 Å². The standard InChI is InChI=1S/C26H15F5N2O2.2ClH.Ni/c1-35-26-19(15-10-6-3-7-11-15)16(12-17(33-26)14-8-4-2-5-9-14)18(34)13-32-25-23(30)21(28)20(27)22(29)24(25)31;;;/h2-13H,1H3;2*1H;/q;;;+2/p-2. The molecule has 0 saturated heterocycles. The van der Waals surface area contributed by atoms with Crippen molar-refractivity contribution < 1.29 is 72.8 Å². The minimum atomic E-state index is -2.32. The second-order valence-corrected chi connectivity index (χ2v) is 7.21. The van der Waals surface area contributed by atoms with Crippen molar-refractivity contribution in [3.05, 3.63) is 101 Å². The summed E-state index contributed by atoms with van der Waals surface area (Å²) in [5.74, 6) is -11.7. The molecular formula is C26H15Cl2F5N2NiO2. The second kappa shape index (κ2) is 14.0. The van der Waals surface area contributed by atoms with Gasteiger partial charge < -0.3 is 29.6 Å². The van der Waals surface area contributed by atoms with E-state index in [9.17, 15) is 26.7 Å². The molecule has 0 N–H and O–H groups in total. The summed E-state index contributed by atoms with van der Waals surface area (Å²) in [5, 5.41) is 0. The van der Waals surface area contributed by atoms with E-state index in [1.165, 1.54) is 13.2 Å². The van der Waals surface area contributed by atoms with E-state index in [-0.39, 0.29) is 58.3 Å². The predicted molar refractivity (Wildman–Crippen MR) is 120 cm³/mol. The minimum Gasteiger partial charge on any atom is -1.00 e. The number of benzene rings is 3. The molecule has 0 aliphatic rings. The maximum atomic E-state index is 14.0. The topological polar surface area (TPSA) is 51.5 Å². The molecule has 200 valence electrons. The summed E-state index contributed by atoms with van der Waals surface area (Å²) >= 11 is 0. The number of nitrogens with zero attached hydrogens (tertiary/aromatic N) is 2. The monoisotopic (exact) mass is 610 g/mol. The number of pyridine rings is 1. The third-order valence-electron chi connectivity index (χ3n) is 5.07. The fourth-order valence-electron chi connectivity index (χ4n) is 3.40. The fraction of sp³-hybridized carbons (Fsp3) is 0.0385. The van der Waals surface area contributed by atoms with E-state index >= 15 is 0 Å². The average molecular weight is 612 g/mol. The molecule has 4 nitrogen and oxygen atoms in total. The van der Waals surface area contributed by atoms with Gasteiger partial charge in [0.05, 0.1) is 24.6 Å². The van der Waals surface area contributed by atoms with Crippen molar-refractivity contribution in [3.8, 4) is 28.3 Å². The Bertz CT molecular complexity index is 1430. The van der Waals surface area contributed by atoms with Crippen molar-refractivity contribution in [2.45, 2.75) is 0 Å². The zero-order chi connectivity index (χ0) is 25.1. The van der Waals surface area contributed by atoms with Gasteiger partial charge in [-0.25, -0.2) is 31.9 Å². The molecule has 0 fully saturated rings. The van der Waals surface area contributed by atoms with Crippen LogP contribution in [0.2, 0.25) is 0 Å². The Morgan fingerprint density at radius 1 is 0.789 bits per heavy atom. The normalized spacial score (nSPS) is 10.3. The van der Waals surface area contributed by atoms with Gasteiger partial charge in [-0.3, -0.25) is 4.79 Å². The van der Waals surface area contributed by atoms with Crippen LogP contribution in [0.15, 0.2) is 71.7 Å². The molecule has 4 rings (SSSR count). The van der Waals surface area contributed by atoms with E-state index in [2.05, 4.69) is 9.98 Å². The Labute approximate surface area is 236 Å². The molecule has 0 aliphatic heterocycles. The van der Waals surface area contributed by atoms with Crippen LogP contribution in [0.4, 0.5) is 27.6 Å². The second-order valence-electron chi connectivity index (χ2n) is 7.21. The number of Topliss-reactive ketones (excluding diaryl/α,β-unsaturated/α-hetero) is 1. The molecule has 0 spiro atoms. The first-order chi connectivity index (χ1) is 16.8. The molecule has 12 heteroatoms. The molecule has 0 radical (unpaired) electrons. The van der Waals surface area contributed by atoms with E-state index in [4.69, 9.17) is 4.74 Å². The Kier molecular flexibility index (Phi) is 12.0. The molecule has 1 heterocycles. The first kappa shape index (κ1) is 32.7. The third kappa shape index (κ3) is 6.38. The smallest absolute Gasteiger partial charge is 1.00 e. The van der Waals surface area contributed by atoms with Gasteiger partial charge in [-0.05, 0) is 11.6 Å². The number of carbonyl (C=O) groups excluding carboxylic acids is 1. The Morgan fingerprint density at radius 3 is 1.76 bits per heavy atom. The zero-order valence-electron chi connectivity index (χ0n) is 19.1. The van der Waals surface area contributed by atoms with Crippen molar-refractivity contribution in [2.24, 2.45) is 4.99 Å². The summed E-state index contributed by atoms with van der Waals surface area (Å²) in [5.41, 5.74) is 0.340. The SMILES string of the molecule is COc1nc(-c2ccccc2)cc(C(=O)C=Nc2c(F)c(F)c(F)c(F)c2F)c1-c1ccccc1.[Cl-].[Cl-].[Ni+2]. The largest absolute Gasteiger partial charge is 2.00 e. The molecule has 38 heavy (non-hydrogen) atoms. The van der Waals surface area contributed by atoms with E-state index in [0.29, 0.717) is 23.0 Å². The van der Waals surface area contributed by atoms with Crippen LogP contribution in [0.25, 0.3) is 22.4 Å². The van der Waals surface area contributed by atoms with Crippen LogP contribution < -0.4 is 29.6 Å². The number of hydrogen-bond acceptors (Lipinski definition) is 4. The Hall–Kier alpha value is -3.33. The van der Waals surface area contributed by atoms with Crippen LogP contribution in [0.3, 0.4) is 0 Å². The number of halogens is 7. The molecule has 0 aliphatic carbocycles. The number of aromatic nitrogens is 1. The summed E-state index contributed by atoms with van der Waals surface area (Å²) in [6.45, 7) is 0. The van der Waals surface area contributed by atoms with Crippen LogP contribution >= 0.6 is 0 Å². The quantitative estimate of drug-likeness (QED) is 0.0807. The summed E-state index contributed by atoms with van der Waals surface area (Å²) in [6.07, 6.45) is 0.494. The number of ether oxygens (including phenoxy) is 1. The minimum absolute atomic E-state index is 0. The number of carbonyl (C=O) groups is 1. The number of rotatable bonds is 6. The molecule has 0 saturated carbocycles. The van der Waals surface area contributed by atoms with Crippen LogP contribution in [0.5, 0.6) is 5.88 Å². The van der Waals surface area contributed by atoms with Gasteiger partial charge in [0.25, 0.3) is 0 Å². The third-order valence-corrected chi connectivity index (χ3v) is 5.07. The van der Waals surface area contributed by atoms with Crippen molar-refractivity contribution in [3.63, 3.8) is 0 Å². The van der Waals surface area contributed by atoms with Gasteiger partial charge in [-0.15, -0.1) is 0 Å². The van der Waals surface area contributed by atoms with Crippen LogP contribution in [-0.4, -0.2) is 24.1 Å². The molecule has 0 unspecified atom stereocenters. The molecule has 3 aromatic carbocycles. The van der Waals surface area contributed by atoms with Crippen LogP contribution in [-0.2, 0) is 16.5 Å². The number of methoxy groups -OCH3 is 1. The van der Waals surface area contributed by atoms with Crippen molar-refractivity contribution in [1.29, 1.82) is 0 Å². The molecule has 4 aromatic rings. The fourth-order valence-corrected chi connectivity index (χ4v) is 3.40. The van der Waals surface area contributed by atoms with Gasteiger partial charge in [-0.2, -0.15) is 0 Å². The molecule has 1 aromatic heterocycles. The van der Waals surface area contributed by atoms with Gasteiger partial charge in [0.1, 0.15) is 5.69 Å². The Morgan fingerprint density at radius 2 is 1.26 bits per heavy atom. The Balaban J connectivity index is 0.00000241. The van der Waals surface area contributed by atoms with Crippen molar-refractivity contribution >= 4 is 17.7 Å². The predicted octanol–water partition coefficient (Wildman–Crippen LogP) is 0.710. The summed E-state index contributed by atoms with van der Waals surface area (Å²) in [6, 6.07) is 18.8. The maximum Gasteiger partial charge on any atom is 2.00 e. The molecule has 0 bridgehead atoms. The molecular weight excluding hydrogens is 597 g/mol. The van der Waals surface area contributed by atoms with Gasteiger partial charge in [0.15, 0.2) is 23.3 Å². The number of aliphatic imine (C=N–C) groups is 1. The first-order valence-corrected chi connectivity index (χ1v) is 10.1. The zero-order valence-corrected chi connectivity index (χ0v) is 21.6. The van der Waals surface area contributed by atoms with E-state index in [1.54, 1.807) is 60.7 Å².